The summed E-state index contributed by atoms with van der Waals surface area (Å²) >= 11 is 0. The molecule has 1 fully saturated rings. The first-order valence-electron chi connectivity index (χ1n) is 7.15. The molecule has 0 bridgehead atoms. The summed E-state index contributed by atoms with van der Waals surface area (Å²) in [4.78, 5) is 11.6. The summed E-state index contributed by atoms with van der Waals surface area (Å²) in [7, 11) is -0.335. The molecule has 4 nitrogen and oxygen atoms in total. The van der Waals surface area contributed by atoms with Crippen molar-refractivity contribution < 1.29 is 18.8 Å². The predicted octanol–water partition coefficient (Wildman–Crippen LogP) is 3.15. The van der Waals surface area contributed by atoms with E-state index >= 15 is 0 Å². The van der Waals surface area contributed by atoms with Gasteiger partial charge in [-0.2, -0.15) is 0 Å². The molecule has 0 aromatic rings. The van der Waals surface area contributed by atoms with Gasteiger partial charge in [0.15, 0.2) is 0 Å². The molecule has 0 aliphatic carbocycles. The fraction of sp³-hybridized carbons (Fsp3) is 0.800. The molecule has 0 radical (unpaired) electrons. The van der Waals surface area contributed by atoms with E-state index in [1.165, 1.54) is 0 Å². The molecule has 114 valence electrons. The maximum atomic E-state index is 11.6. The smallest absolute Gasteiger partial charge is 0.465 e. The Hall–Kier alpha value is -0.805. The number of ether oxygens (including phenoxy) is 1. The quantitative estimate of drug-likeness (QED) is 0.451. The second-order valence-corrected chi connectivity index (χ2v) is 7.23. The van der Waals surface area contributed by atoms with Gasteiger partial charge in [-0.1, -0.05) is 12.1 Å². The van der Waals surface area contributed by atoms with Crippen molar-refractivity contribution in [1.82, 2.24) is 0 Å². The summed E-state index contributed by atoms with van der Waals surface area (Å²) in [6.45, 7) is 14.0. The van der Waals surface area contributed by atoms with E-state index in [9.17, 15) is 4.79 Å². The van der Waals surface area contributed by atoms with Crippen LogP contribution >= 0.6 is 0 Å². The molecule has 1 aliphatic heterocycles. The highest BCUT2D eigenvalue weighted by Gasteiger charge is 2.49. The SMILES string of the molecule is CC(C)(C)C(=O)OCCC=CB1OC(C)(C)C(C)(C)O1. The lowest BCUT2D eigenvalue weighted by atomic mass is 9.90. The summed E-state index contributed by atoms with van der Waals surface area (Å²) in [5.74, 6) is 1.70. The fourth-order valence-corrected chi connectivity index (χ4v) is 1.61. The third-order valence-corrected chi connectivity index (χ3v) is 3.69. The van der Waals surface area contributed by atoms with E-state index in [2.05, 4.69) is 0 Å². The third-order valence-electron chi connectivity index (χ3n) is 3.69. The minimum atomic E-state index is -0.449. The van der Waals surface area contributed by atoms with E-state index in [1.54, 1.807) is 0 Å². The molecule has 20 heavy (non-hydrogen) atoms. The zero-order valence-corrected chi connectivity index (χ0v) is 13.8. The highest BCUT2D eigenvalue weighted by Crippen LogP contribution is 2.36. The average molecular weight is 282 g/mol. The van der Waals surface area contributed by atoms with E-state index < -0.39 is 5.41 Å². The van der Waals surface area contributed by atoms with Crippen LogP contribution < -0.4 is 0 Å². The number of esters is 1. The van der Waals surface area contributed by atoms with Crippen molar-refractivity contribution in [1.29, 1.82) is 0 Å². The van der Waals surface area contributed by atoms with E-state index in [-0.39, 0.29) is 24.3 Å². The maximum Gasteiger partial charge on any atom is 0.486 e. The van der Waals surface area contributed by atoms with Gasteiger partial charge in [-0.05, 0) is 54.9 Å². The number of hydrogen-bond acceptors (Lipinski definition) is 4. The summed E-state index contributed by atoms with van der Waals surface area (Å²) in [6.07, 6.45) is 2.59. The molecule has 0 aromatic carbocycles. The second kappa shape index (κ2) is 5.90. The monoisotopic (exact) mass is 282 g/mol. The largest absolute Gasteiger partial charge is 0.486 e. The van der Waals surface area contributed by atoms with Gasteiger partial charge in [-0.15, -0.1) is 0 Å². The minimum Gasteiger partial charge on any atom is -0.465 e. The van der Waals surface area contributed by atoms with E-state index in [0.717, 1.165) is 0 Å². The summed E-state index contributed by atoms with van der Waals surface area (Å²) < 4.78 is 16.8. The van der Waals surface area contributed by atoms with Crippen molar-refractivity contribution in [3.8, 4) is 0 Å². The first-order valence-corrected chi connectivity index (χ1v) is 7.15. The van der Waals surface area contributed by atoms with Gasteiger partial charge >= 0.3 is 13.1 Å². The molecule has 1 heterocycles. The Labute approximate surface area is 123 Å². The molecule has 0 spiro atoms. The highest BCUT2D eigenvalue weighted by atomic mass is 16.7. The molecule has 1 aliphatic rings. The van der Waals surface area contributed by atoms with Crippen LogP contribution in [0.1, 0.15) is 54.9 Å². The van der Waals surface area contributed by atoms with E-state index in [1.807, 2.05) is 60.5 Å². The van der Waals surface area contributed by atoms with Crippen LogP contribution in [0, 0.1) is 5.41 Å². The zero-order chi connectivity index (χ0) is 15.6. The van der Waals surface area contributed by atoms with Crippen molar-refractivity contribution >= 4 is 13.1 Å². The molecule has 0 aromatic heterocycles. The number of rotatable bonds is 4. The Morgan fingerprint density at radius 3 is 2.10 bits per heavy atom. The molecular formula is C15H27BO4. The van der Waals surface area contributed by atoms with Crippen molar-refractivity contribution in [2.45, 2.75) is 66.1 Å². The minimum absolute atomic E-state index is 0.179. The number of carbonyl (C=O) groups excluding carboxylic acids is 1. The van der Waals surface area contributed by atoms with Crippen LogP contribution in [0.4, 0.5) is 0 Å². The summed E-state index contributed by atoms with van der Waals surface area (Å²) in [6, 6.07) is 0. The standard InChI is InChI=1S/C15H27BO4/c1-13(2,3)12(17)18-11-9-8-10-16-19-14(4,5)15(6,7)20-16/h8,10H,9,11H2,1-7H3. The van der Waals surface area contributed by atoms with Crippen LogP contribution in [-0.2, 0) is 18.8 Å². The van der Waals surface area contributed by atoms with Crippen LogP contribution in [0.25, 0.3) is 0 Å². The van der Waals surface area contributed by atoms with Gasteiger partial charge in [0, 0.05) is 0 Å². The van der Waals surface area contributed by atoms with E-state index in [4.69, 9.17) is 14.0 Å². The maximum absolute atomic E-state index is 11.6. The molecule has 1 saturated heterocycles. The van der Waals surface area contributed by atoms with Crippen LogP contribution in [0.5, 0.6) is 0 Å². The Balaban J connectivity index is 2.32. The first-order chi connectivity index (χ1) is 8.96. The second-order valence-electron chi connectivity index (χ2n) is 7.23. The number of hydrogen-bond donors (Lipinski definition) is 0. The highest BCUT2D eigenvalue weighted by molar-refractivity contribution is 6.51. The van der Waals surface area contributed by atoms with Crippen LogP contribution in [0.3, 0.4) is 0 Å². The molecule has 0 N–H and O–H groups in total. The summed E-state index contributed by atoms with van der Waals surface area (Å²) in [5.41, 5.74) is -1.09. The van der Waals surface area contributed by atoms with Crippen molar-refractivity contribution in [2.75, 3.05) is 6.61 Å². The lowest BCUT2D eigenvalue weighted by Crippen LogP contribution is -2.41. The topological polar surface area (TPSA) is 44.8 Å². The summed E-state index contributed by atoms with van der Waals surface area (Å²) in [5, 5.41) is 0. The van der Waals surface area contributed by atoms with Gasteiger partial charge < -0.3 is 14.0 Å². The molecule has 0 amide bonds. The molecule has 1 rings (SSSR count). The Bertz CT molecular complexity index is 364. The molecule has 0 atom stereocenters. The van der Waals surface area contributed by atoms with Crippen LogP contribution in [0.2, 0.25) is 0 Å². The predicted molar refractivity (Wildman–Crippen MR) is 80.3 cm³/mol. The normalized spacial score (nSPS) is 21.4. The van der Waals surface area contributed by atoms with Gasteiger partial charge in [0.1, 0.15) is 0 Å². The first kappa shape index (κ1) is 17.2. The van der Waals surface area contributed by atoms with Crippen molar-refractivity contribution in [2.24, 2.45) is 5.41 Å². The Morgan fingerprint density at radius 2 is 1.65 bits per heavy atom. The average Bonchev–Trinajstić information content (AvgIpc) is 2.45. The molecule has 0 saturated carbocycles. The van der Waals surface area contributed by atoms with Gasteiger partial charge in [-0.3, -0.25) is 4.79 Å². The van der Waals surface area contributed by atoms with Gasteiger partial charge in [0.05, 0.1) is 23.2 Å². The zero-order valence-electron chi connectivity index (χ0n) is 13.8. The third kappa shape index (κ3) is 4.35. The molecule has 5 heteroatoms. The van der Waals surface area contributed by atoms with E-state index in [0.29, 0.717) is 13.0 Å². The van der Waals surface area contributed by atoms with Crippen LogP contribution in [0.15, 0.2) is 12.1 Å². The van der Waals surface area contributed by atoms with Crippen molar-refractivity contribution in [3.63, 3.8) is 0 Å². The van der Waals surface area contributed by atoms with Gasteiger partial charge in [0.2, 0.25) is 0 Å². The van der Waals surface area contributed by atoms with Crippen molar-refractivity contribution in [3.05, 3.63) is 12.1 Å². The van der Waals surface area contributed by atoms with Gasteiger partial charge in [-0.25, -0.2) is 0 Å². The van der Waals surface area contributed by atoms with Crippen LogP contribution in [-0.4, -0.2) is 30.9 Å². The molecule has 0 unspecified atom stereocenters. The molecular weight excluding hydrogens is 255 g/mol. The fourth-order valence-electron chi connectivity index (χ4n) is 1.61. The lowest BCUT2D eigenvalue weighted by molar-refractivity contribution is -0.152. The van der Waals surface area contributed by atoms with Gasteiger partial charge in [0.25, 0.3) is 0 Å². The Kier molecular flexibility index (Phi) is 5.09. The Morgan fingerprint density at radius 1 is 1.15 bits per heavy atom. The lowest BCUT2D eigenvalue weighted by Gasteiger charge is -2.32. The number of carbonyl (C=O) groups is 1.